The van der Waals surface area contributed by atoms with Crippen LogP contribution in [0.1, 0.15) is 25.7 Å². The number of hydrogen-bond donors (Lipinski definition) is 1. The van der Waals surface area contributed by atoms with Crippen molar-refractivity contribution in [1.82, 2.24) is 0 Å². The smallest absolute Gasteiger partial charge is 0.307 e. The molecule has 1 spiro atoms. The lowest BCUT2D eigenvalue weighted by Crippen LogP contribution is -2.65. The van der Waals surface area contributed by atoms with Crippen LogP contribution in [0.25, 0.3) is 0 Å². The lowest BCUT2D eigenvalue weighted by atomic mass is 9.43. The summed E-state index contributed by atoms with van der Waals surface area (Å²) in [5.41, 5.74) is 0.0625. The minimum absolute atomic E-state index is 0.0625. The van der Waals surface area contributed by atoms with Gasteiger partial charge in [0.05, 0.1) is 12.0 Å². The van der Waals surface area contributed by atoms with Gasteiger partial charge in [-0.1, -0.05) is 6.42 Å². The highest BCUT2D eigenvalue weighted by atomic mass is 16.5. The third kappa shape index (κ3) is 0.725. The van der Waals surface area contributed by atoms with Crippen molar-refractivity contribution in [3.8, 4) is 0 Å². The van der Waals surface area contributed by atoms with Crippen LogP contribution < -0.4 is 0 Å². The maximum atomic E-state index is 11.1. The summed E-state index contributed by atoms with van der Waals surface area (Å²) >= 11 is 0. The van der Waals surface area contributed by atoms with Crippen molar-refractivity contribution in [1.29, 1.82) is 0 Å². The van der Waals surface area contributed by atoms with Gasteiger partial charge in [-0.25, -0.2) is 0 Å². The molecule has 13 heavy (non-hydrogen) atoms. The summed E-state index contributed by atoms with van der Waals surface area (Å²) in [7, 11) is 0. The van der Waals surface area contributed by atoms with Gasteiger partial charge in [-0.2, -0.15) is 0 Å². The maximum absolute atomic E-state index is 11.1. The van der Waals surface area contributed by atoms with Gasteiger partial charge < -0.3 is 9.84 Å². The standard InChI is InChI=1S/C10H14O3/c11-9(12)7-6-2-5-13-8(6)10(7)3-1-4-10/h6-8H,1-5H2,(H,11,12)/t6-,7-,8-/m0/s1. The van der Waals surface area contributed by atoms with Crippen LogP contribution in [-0.2, 0) is 9.53 Å². The summed E-state index contributed by atoms with van der Waals surface area (Å²) in [5.74, 6) is -0.349. The number of carboxylic acid groups (broad SMARTS) is 1. The van der Waals surface area contributed by atoms with Crippen molar-refractivity contribution < 1.29 is 14.6 Å². The Bertz CT molecular complexity index is 257. The largest absolute Gasteiger partial charge is 0.481 e. The van der Waals surface area contributed by atoms with Crippen molar-refractivity contribution in [2.75, 3.05) is 6.61 Å². The van der Waals surface area contributed by atoms with E-state index < -0.39 is 5.97 Å². The van der Waals surface area contributed by atoms with Gasteiger partial charge >= 0.3 is 5.97 Å². The van der Waals surface area contributed by atoms with Gasteiger partial charge in [-0.15, -0.1) is 0 Å². The number of hydrogen-bond acceptors (Lipinski definition) is 2. The number of rotatable bonds is 1. The summed E-state index contributed by atoms with van der Waals surface area (Å²) in [6.45, 7) is 0.779. The summed E-state index contributed by atoms with van der Waals surface area (Å²) in [4.78, 5) is 11.1. The van der Waals surface area contributed by atoms with Crippen LogP contribution in [0.4, 0.5) is 0 Å². The van der Waals surface area contributed by atoms with Gasteiger partial charge in [0.25, 0.3) is 0 Å². The normalized spacial score (nSPS) is 45.1. The van der Waals surface area contributed by atoms with E-state index in [1.807, 2.05) is 0 Å². The zero-order chi connectivity index (χ0) is 9.05. The van der Waals surface area contributed by atoms with Gasteiger partial charge in [0.15, 0.2) is 0 Å². The van der Waals surface area contributed by atoms with Crippen LogP contribution in [0.3, 0.4) is 0 Å². The SMILES string of the molecule is O=C(O)[C@@H]1[C@@H]2CCO[C@@H]2C12CCC2. The third-order valence-electron chi connectivity index (χ3n) is 4.30. The Hall–Kier alpha value is -0.570. The van der Waals surface area contributed by atoms with E-state index in [1.165, 1.54) is 6.42 Å². The highest BCUT2D eigenvalue weighted by Gasteiger charge is 2.69. The first-order chi connectivity index (χ1) is 6.26. The molecule has 2 saturated carbocycles. The number of carbonyl (C=O) groups is 1. The molecule has 1 aliphatic heterocycles. The Morgan fingerprint density at radius 1 is 1.46 bits per heavy atom. The molecule has 72 valence electrons. The van der Waals surface area contributed by atoms with Crippen molar-refractivity contribution in [3.63, 3.8) is 0 Å². The fourth-order valence-corrected chi connectivity index (χ4v) is 3.63. The molecular weight excluding hydrogens is 168 g/mol. The monoisotopic (exact) mass is 182 g/mol. The molecule has 0 bridgehead atoms. The quantitative estimate of drug-likeness (QED) is 0.664. The van der Waals surface area contributed by atoms with Crippen molar-refractivity contribution in [3.05, 3.63) is 0 Å². The second-order valence-electron chi connectivity index (χ2n) is 4.65. The molecule has 3 aliphatic rings. The van der Waals surface area contributed by atoms with Crippen LogP contribution in [0, 0.1) is 17.3 Å². The van der Waals surface area contributed by atoms with Gasteiger partial charge in [0.2, 0.25) is 0 Å². The van der Waals surface area contributed by atoms with Crippen molar-refractivity contribution in [2.24, 2.45) is 17.3 Å². The molecule has 3 atom stereocenters. The second-order valence-corrected chi connectivity index (χ2v) is 4.65. The number of carboxylic acids is 1. The first-order valence-corrected chi connectivity index (χ1v) is 5.10. The molecule has 0 radical (unpaired) electrons. The molecule has 1 heterocycles. The molecule has 3 fully saturated rings. The topological polar surface area (TPSA) is 46.5 Å². The molecule has 0 unspecified atom stereocenters. The number of ether oxygens (including phenoxy) is 1. The maximum Gasteiger partial charge on any atom is 0.307 e. The van der Waals surface area contributed by atoms with Gasteiger partial charge in [0, 0.05) is 17.9 Å². The van der Waals surface area contributed by atoms with Gasteiger partial charge in [-0.05, 0) is 19.3 Å². The van der Waals surface area contributed by atoms with Crippen LogP contribution in [0.2, 0.25) is 0 Å². The van der Waals surface area contributed by atoms with E-state index in [2.05, 4.69) is 0 Å². The minimum Gasteiger partial charge on any atom is -0.481 e. The molecule has 0 aromatic heterocycles. The zero-order valence-electron chi connectivity index (χ0n) is 7.53. The van der Waals surface area contributed by atoms with Gasteiger partial charge in [0.1, 0.15) is 0 Å². The van der Waals surface area contributed by atoms with Crippen molar-refractivity contribution >= 4 is 5.97 Å². The number of fused-ring (bicyclic) bond motifs is 2. The summed E-state index contributed by atoms with van der Waals surface area (Å²) in [6, 6.07) is 0. The van der Waals surface area contributed by atoms with E-state index in [9.17, 15) is 4.79 Å². The fourth-order valence-electron chi connectivity index (χ4n) is 3.63. The highest BCUT2D eigenvalue weighted by Crippen LogP contribution is 2.66. The van der Waals surface area contributed by atoms with E-state index in [-0.39, 0.29) is 11.3 Å². The van der Waals surface area contributed by atoms with Crippen LogP contribution in [-0.4, -0.2) is 23.8 Å². The molecular formula is C10H14O3. The Balaban J connectivity index is 1.89. The Morgan fingerprint density at radius 2 is 2.23 bits per heavy atom. The average molecular weight is 182 g/mol. The Kier molecular flexibility index (Phi) is 1.36. The van der Waals surface area contributed by atoms with Crippen LogP contribution in [0.15, 0.2) is 0 Å². The first-order valence-electron chi connectivity index (χ1n) is 5.10. The van der Waals surface area contributed by atoms with Crippen LogP contribution >= 0.6 is 0 Å². The predicted molar refractivity (Wildman–Crippen MR) is 45.3 cm³/mol. The van der Waals surface area contributed by atoms with E-state index in [1.54, 1.807) is 0 Å². The lowest BCUT2D eigenvalue weighted by Gasteiger charge is -2.61. The predicted octanol–water partition coefficient (Wildman–Crippen LogP) is 1.28. The van der Waals surface area contributed by atoms with E-state index in [0.29, 0.717) is 12.0 Å². The second kappa shape index (κ2) is 2.27. The first kappa shape index (κ1) is 7.80. The molecule has 3 rings (SSSR count). The fraction of sp³-hybridized carbons (Fsp3) is 0.900. The molecule has 3 nitrogen and oxygen atoms in total. The average Bonchev–Trinajstić information content (AvgIpc) is 2.30. The van der Waals surface area contributed by atoms with E-state index in [4.69, 9.17) is 9.84 Å². The third-order valence-corrected chi connectivity index (χ3v) is 4.30. The molecule has 1 N–H and O–H groups in total. The van der Waals surface area contributed by atoms with E-state index in [0.717, 1.165) is 25.9 Å². The minimum atomic E-state index is -0.591. The molecule has 3 heteroatoms. The Morgan fingerprint density at radius 3 is 2.77 bits per heavy atom. The highest BCUT2D eigenvalue weighted by molar-refractivity contribution is 5.74. The summed E-state index contributed by atoms with van der Waals surface area (Å²) in [5, 5.41) is 9.13. The molecule has 0 amide bonds. The Labute approximate surface area is 77.1 Å². The van der Waals surface area contributed by atoms with Gasteiger partial charge in [-0.3, -0.25) is 4.79 Å². The molecule has 1 saturated heterocycles. The van der Waals surface area contributed by atoms with E-state index >= 15 is 0 Å². The number of aliphatic carboxylic acids is 1. The van der Waals surface area contributed by atoms with Crippen molar-refractivity contribution in [2.45, 2.75) is 31.8 Å². The zero-order valence-corrected chi connectivity index (χ0v) is 7.53. The molecule has 0 aromatic rings. The molecule has 2 aliphatic carbocycles. The summed E-state index contributed by atoms with van der Waals surface area (Å²) < 4.78 is 5.63. The summed E-state index contributed by atoms with van der Waals surface area (Å²) in [6.07, 6.45) is 4.60. The lowest BCUT2D eigenvalue weighted by molar-refractivity contribution is -0.214. The molecule has 0 aromatic carbocycles. The van der Waals surface area contributed by atoms with Crippen LogP contribution in [0.5, 0.6) is 0 Å².